The highest BCUT2D eigenvalue weighted by Gasteiger charge is 1.98. The lowest BCUT2D eigenvalue weighted by Crippen LogP contribution is -2.55. The van der Waals surface area contributed by atoms with Crippen LogP contribution in [-0.4, -0.2) is 22.6 Å². The lowest BCUT2D eigenvalue weighted by molar-refractivity contribution is 1.28. The highest BCUT2D eigenvalue weighted by atomic mass is 15.0. The van der Waals surface area contributed by atoms with Crippen LogP contribution in [-0.2, 0) is 0 Å². The van der Waals surface area contributed by atoms with Crippen LogP contribution in [0.2, 0.25) is 0 Å². The second kappa shape index (κ2) is 4.20. The zero-order chi connectivity index (χ0) is 4.24. The van der Waals surface area contributed by atoms with E-state index >= 15 is 0 Å². The molecule has 7 heteroatoms. The van der Waals surface area contributed by atoms with Crippen LogP contribution in [0.3, 0.4) is 0 Å². The molecule has 3 radical (unpaired) electrons. The molecule has 1 fully saturated rings. The Labute approximate surface area is 45.3 Å². The van der Waals surface area contributed by atoms with Crippen molar-refractivity contribution in [2.24, 2.45) is 0 Å². The number of hydrogen-bond donors (Lipinski definition) is 4. The van der Waals surface area contributed by atoms with Gasteiger partial charge in [0.1, 0.15) is 0 Å². The molecule has 0 aromatic heterocycles. The summed E-state index contributed by atoms with van der Waals surface area (Å²) in [5.41, 5.74) is 0. The van der Waals surface area contributed by atoms with Gasteiger partial charge in [-0.15, -0.1) is 0 Å². The summed E-state index contributed by atoms with van der Waals surface area (Å²) in [5.74, 6) is 0. The Morgan fingerprint density at radius 2 is 1.00 bits per heavy atom. The molecule has 0 aromatic rings. The van der Waals surface area contributed by atoms with Crippen LogP contribution in [0.1, 0.15) is 0 Å². The van der Waals surface area contributed by atoms with E-state index in [1.807, 2.05) is 0 Å². The Bertz CT molecular complexity index is 22.4. The predicted molar refractivity (Wildman–Crippen MR) is 31.7 cm³/mol. The van der Waals surface area contributed by atoms with Crippen molar-refractivity contribution in [1.82, 2.24) is 21.6 Å². The monoisotopic (exact) mass is 95.1 g/mol. The zero-order valence-electron chi connectivity index (χ0n) is 3.94. The molecule has 4 nitrogen and oxygen atoms in total. The van der Waals surface area contributed by atoms with Gasteiger partial charge in [-0.3, -0.25) is 0 Å². The molecular formula is H6B3N4. The third kappa shape index (κ3) is 2.70. The van der Waals surface area contributed by atoms with E-state index in [1.165, 1.54) is 0 Å². The van der Waals surface area contributed by atoms with Gasteiger partial charge in [0.05, 0.1) is 0 Å². The Balaban J connectivity index is 0.000000360. The molecule has 0 unspecified atom stereocenters. The molecule has 0 aromatic carbocycles. The third-order valence-electron chi connectivity index (χ3n) is 0.500. The Hall–Kier alpha value is 0.0348. The van der Waals surface area contributed by atoms with Crippen LogP contribution in [0.4, 0.5) is 0 Å². The highest BCUT2D eigenvalue weighted by molar-refractivity contribution is 6.65. The Morgan fingerprint density at radius 3 is 1.14 bits per heavy atom. The van der Waals surface area contributed by atoms with Crippen molar-refractivity contribution in [2.75, 3.05) is 0 Å². The maximum atomic E-state index is 2.78. The van der Waals surface area contributed by atoms with Crippen molar-refractivity contribution < 1.29 is 0 Å². The first-order valence-corrected chi connectivity index (χ1v) is 1.73. The minimum atomic E-state index is 0. The first kappa shape index (κ1) is 7.03. The van der Waals surface area contributed by atoms with Gasteiger partial charge in [0, 0.05) is 0 Å². The zero-order valence-corrected chi connectivity index (χ0v) is 3.94. The van der Waals surface area contributed by atoms with Gasteiger partial charge in [0.25, 0.3) is 22.6 Å². The van der Waals surface area contributed by atoms with Crippen molar-refractivity contribution >= 4 is 22.6 Å². The summed E-state index contributed by atoms with van der Waals surface area (Å²) in [7, 11) is 5.16. The summed E-state index contributed by atoms with van der Waals surface area (Å²) < 4.78 is 0. The van der Waals surface area contributed by atoms with E-state index in [9.17, 15) is 0 Å². The third-order valence-corrected chi connectivity index (χ3v) is 0.500. The van der Waals surface area contributed by atoms with E-state index in [4.69, 9.17) is 0 Å². The Kier molecular flexibility index (Phi) is 4.22. The molecule has 1 aliphatic heterocycles. The van der Waals surface area contributed by atoms with Gasteiger partial charge in [-0.05, 0) is 0 Å². The van der Waals surface area contributed by atoms with Crippen LogP contribution >= 0.6 is 0 Å². The summed E-state index contributed by atoms with van der Waals surface area (Å²) in [4.78, 5) is 0. The molecule has 1 saturated heterocycles. The van der Waals surface area contributed by atoms with Gasteiger partial charge in [-0.1, -0.05) is 0 Å². The van der Waals surface area contributed by atoms with Crippen LogP contribution in [0.15, 0.2) is 0 Å². The standard InChI is InChI=1S/B3H3N3.H3N/c1-4-2-6-3-5-1;/h4-6H;1H3. The first-order valence-electron chi connectivity index (χ1n) is 1.73. The van der Waals surface area contributed by atoms with Crippen molar-refractivity contribution in [3.05, 3.63) is 0 Å². The fourth-order valence-corrected chi connectivity index (χ4v) is 0.269. The van der Waals surface area contributed by atoms with E-state index in [0.717, 1.165) is 0 Å². The average molecular weight is 94.5 g/mol. The molecule has 0 spiro atoms. The van der Waals surface area contributed by atoms with Crippen LogP contribution < -0.4 is 21.6 Å². The van der Waals surface area contributed by atoms with Crippen molar-refractivity contribution in [1.29, 1.82) is 0 Å². The summed E-state index contributed by atoms with van der Waals surface area (Å²) in [5, 5.41) is 8.34. The average Bonchev–Trinajstić information content (AvgIpc) is 1.72. The van der Waals surface area contributed by atoms with Gasteiger partial charge >= 0.3 is 0 Å². The predicted octanol–water partition coefficient (Wildman–Crippen LogP) is -2.47. The van der Waals surface area contributed by atoms with Crippen molar-refractivity contribution in [3.63, 3.8) is 0 Å². The molecular weight excluding hydrogens is 88.5 g/mol. The summed E-state index contributed by atoms with van der Waals surface area (Å²) in [6, 6.07) is 0. The van der Waals surface area contributed by atoms with Crippen molar-refractivity contribution in [2.45, 2.75) is 0 Å². The normalized spacial score (nSPS) is 17.1. The largest absolute Gasteiger partial charge is 0.379 e. The maximum Gasteiger partial charge on any atom is 0.284 e. The fraction of sp³-hybridized carbons (Fsp3) is 0. The molecule has 1 aliphatic rings. The molecule has 7 heavy (non-hydrogen) atoms. The topological polar surface area (TPSA) is 71.1 Å². The second-order valence-corrected chi connectivity index (χ2v) is 0.933. The lowest BCUT2D eigenvalue weighted by Gasteiger charge is -2.07. The van der Waals surface area contributed by atoms with E-state index in [0.29, 0.717) is 0 Å². The number of rotatable bonds is 0. The first-order chi connectivity index (χ1) is 3.00. The summed E-state index contributed by atoms with van der Waals surface area (Å²) in [6.07, 6.45) is 0. The van der Waals surface area contributed by atoms with Gasteiger partial charge in [0.2, 0.25) is 0 Å². The number of nitrogens with one attached hydrogen (secondary N) is 3. The summed E-state index contributed by atoms with van der Waals surface area (Å²) in [6.45, 7) is 0. The van der Waals surface area contributed by atoms with E-state index in [-0.39, 0.29) is 6.15 Å². The van der Waals surface area contributed by atoms with Gasteiger partial charge in [-0.25, -0.2) is 0 Å². The molecule has 0 amide bonds. The summed E-state index contributed by atoms with van der Waals surface area (Å²) >= 11 is 0. The fourth-order valence-electron chi connectivity index (χ4n) is 0.269. The molecule has 0 bridgehead atoms. The van der Waals surface area contributed by atoms with E-state index < -0.39 is 0 Å². The molecule has 0 atom stereocenters. The van der Waals surface area contributed by atoms with Gasteiger partial charge in [0.15, 0.2) is 0 Å². The van der Waals surface area contributed by atoms with Crippen molar-refractivity contribution in [3.8, 4) is 0 Å². The number of hydrogen-bond acceptors (Lipinski definition) is 4. The quantitative estimate of drug-likeness (QED) is 0.251. The van der Waals surface area contributed by atoms with Crippen LogP contribution in [0.5, 0.6) is 0 Å². The SMILES string of the molecule is N.[B]1N[B]N[B]N1. The van der Waals surface area contributed by atoms with Gasteiger partial charge in [-0.2, -0.15) is 0 Å². The molecule has 6 N–H and O–H groups in total. The van der Waals surface area contributed by atoms with E-state index in [1.54, 1.807) is 22.6 Å². The lowest BCUT2D eigenvalue weighted by atomic mass is 9.85. The molecule has 1 heterocycles. The van der Waals surface area contributed by atoms with Gasteiger partial charge < -0.3 is 21.6 Å². The minimum Gasteiger partial charge on any atom is -0.379 e. The minimum absolute atomic E-state index is 0. The maximum absolute atomic E-state index is 2.78. The second-order valence-electron chi connectivity index (χ2n) is 0.933. The molecule has 35 valence electrons. The smallest absolute Gasteiger partial charge is 0.284 e. The molecule has 1 rings (SSSR count). The molecule has 0 aliphatic carbocycles. The Morgan fingerprint density at radius 1 is 0.714 bits per heavy atom. The van der Waals surface area contributed by atoms with Crippen LogP contribution in [0.25, 0.3) is 0 Å². The van der Waals surface area contributed by atoms with Crippen LogP contribution in [0, 0.1) is 0 Å². The molecule has 0 saturated carbocycles. The van der Waals surface area contributed by atoms with E-state index in [2.05, 4.69) is 15.4 Å². The highest BCUT2D eigenvalue weighted by Crippen LogP contribution is 1.46.